The van der Waals surface area contributed by atoms with Gasteiger partial charge in [-0.15, -0.1) is 0 Å². The molecule has 1 aliphatic rings. The third-order valence-electron chi connectivity index (χ3n) is 2.80. The third kappa shape index (κ3) is 3.51. The van der Waals surface area contributed by atoms with Crippen molar-refractivity contribution in [2.24, 2.45) is 0 Å². The van der Waals surface area contributed by atoms with E-state index in [1.807, 2.05) is 18.2 Å². The predicted molar refractivity (Wildman–Crippen MR) is 67.8 cm³/mol. The molecule has 1 aliphatic heterocycles. The Labute approximate surface area is 102 Å². The Morgan fingerprint density at radius 2 is 2.12 bits per heavy atom. The fraction of sp³-hybridized carbons (Fsp3) is 0.538. The molecule has 1 heterocycles. The van der Waals surface area contributed by atoms with Gasteiger partial charge in [-0.05, 0) is 18.4 Å². The first kappa shape index (κ1) is 12.0. The highest BCUT2D eigenvalue weighted by molar-refractivity contribution is 7.81. The highest BCUT2D eigenvalue weighted by Crippen LogP contribution is 2.19. The molecule has 0 aliphatic carbocycles. The quantitative estimate of drug-likeness (QED) is 0.813. The summed E-state index contributed by atoms with van der Waals surface area (Å²) in [6, 6.07) is 10.2. The van der Waals surface area contributed by atoms with Crippen molar-refractivity contribution in [1.29, 1.82) is 0 Å². The van der Waals surface area contributed by atoms with Gasteiger partial charge in [-0.2, -0.15) is 12.6 Å². The monoisotopic (exact) mass is 238 g/mol. The lowest BCUT2D eigenvalue weighted by atomic mass is 10.1. The van der Waals surface area contributed by atoms with E-state index in [1.165, 1.54) is 5.56 Å². The number of hydrogen-bond donors (Lipinski definition) is 1. The predicted octanol–water partition coefficient (Wildman–Crippen LogP) is 2.68. The van der Waals surface area contributed by atoms with Gasteiger partial charge in [0.15, 0.2) is 0 Å². The first-order chi connectivity index (χ1) is 7.86. The Bertz CT molecular complexity index is 302. The fourth-order valence-corrected chi connectivity index (χ4v) is 2.21. The van der Waals surface area contributed by atoms with E-state index < -0.39 is 0 Å². The second-order valence-corrected chi connectivity index (χ2v) is 4.78. The normalized spacial score (nSPS) is 25.6. The molecule has 0 saturated carbocycles. The molecule has 0 N–H and O–H groups in total. The summed E-state index contributed by atoms with van der Waals surface area (Å²) in [5.41, 5.74) is 1.20. The Hall–Kier alpha value is -0.510. The van der Waals surface area contributed by atoms with E-state index in [9.17, 15) is 0 Å². The van der Waals surface area contributed by atoms with Gasteiger partial charge in [-0.25, -0.2) is 0 Å². The molecule has 1 fully saturated rings. The van der Waals surface area contributed by atoms with Crippen LogP contribution >= 0.6 is 12.6 Å². The van der Waals surface area contributed by atoms with Crippen LogP contribution in [-0.4, -0.2) is 24.6 Å². The van der Waals surface area contributed by atoms with Crippen molar-refractivity contribution in [3.05, 3.63) is 35.9 Å². The van der Waals surface area contributed by atoms with Crippen LogP contribution in [0.5, 0.6) is 0 Å². The van der Waals surface area contributed by atoms with Crippen LogP contribution in [0.15, 0.2) is 30.3 Å². The molecule has 1 aromatic carbocycles. The van der Waals surface area contributed by atoms with Crippen LogP contribution in [0.4, 0.5) is 0 Å². The van der Waals surface area contributed by atoms with E-state index in [4.69, 9.17) is 9.47 Å². The van der Waals surface area contributed by atoms with E-state index in [0.29, 0.717) is 18.5 Å². The maximum Gasteiger partial charge on any atom is 0.0924 e. The van der Waals surface area contributed by atoms with Crippen LogP contribution in [0, 0.1) is 0 Å². The Kier molecular flexibility index (Phi) is 4.69. The summed E-state index contributed by atoms with van der Waals surface area (Å²) < 4.78 is 11.3. The number of thiol groups is 1. The zero-order valence-electron chi connectivity index (χ0n) is 9.34. The molecular weight excluding hydrogens is 220 g/mol. The summed E-state index contributed by atoms with van der Waals surface area (Å²) >= 11 is 4.51. The van der Waals surface area contributed by atoms with E-state index in [1.54, 1.807) is 0 Å². The molecule has 88 valence electrons. The summed E-state index contributed by atoms with van der Waals surface area (Å²) in [5, 5.41) is 0.324. The van der Waals surface area contributed by atoms with Gasteiger partial charge >= 0.3 is 0 Å². The van der Waals surface area contributed by atoms with Gasteiger partial charge in [-0.3, -0.25) is 0 Å². The van der Waals surface area contributed by atoms with Crippen molar-refractivity contribution in [3.63, 3.8) is 0 Å². The van der Waals surface area contributed by atoms with Crippen LogP contribution in [0.2, 0.25) is 0 Å². The standard InChI is InChI=1S/C13H18O2S/c16-13-7-4-8-15-12(13)10-14-9-11-5-2-1-3-6-11/h1-3,5-6,12-13,16H,4,7-10H2. The molecule has 16 heavy (non-hydrogen) atoms. The molecule has 1 saturated heterocycles. The molecule has 0 bridgehead atoms. The maximum absolute atomic E-state index is 5.66. The number of hydrogen-bond acceptors (Lipinski definition) is 3. The van der Waals surface area contributed by atoms with Gasteiger partial charge in [0.05, 0.1) is 19.3 Å². The molecule has 0 radical (unpaired) electrons. The van der Waals surface area contributed by atoms with Gasteiger partial charge < -0.3 is 9.47 Å². The summed E-state index contributed by atoms with van der Waals surface area (Å²) in [5.74, 6) is 0. The summed E-state index contributed by atoms with van der Waals surface area (Å²) in [7, 11) is 0. The minimum absolute atomic E-state index is 0.154. The number of benzene rings is 1. The molecule has 1 aromatic rings. The van der Waals surface area contributed by atoms with Crippen molar-refractivity contribution in [3.8, 4) is 0 Å². The van der Waals surface area contributed by atoms with E-state index in [0.717, 1.165) is 19.4 Å². The van der Waals surface area contributed by atoms with Gasteiger partial charge in [0.1, 0.15) is 0 Å². The fourth-order valence-electron chi connectivity index (χ4n) is 1.85. The molecule has 2 atom stereocenters. The SMILES string of the molecule is SC1CCCOC1COCc1ccccc1. The summed E-state index contributed by atoms with van der Waals surface area (Å²) in [4.78, 5) is 0. The largest absolute Gasteiger partial charge is 0.375 e. The molecule has 2 nitrogen and oxygen atoms in total. The van der Waals surface area contributed by atoms with Crippen molar-refractivity contribution >= 4 is 12.6 Å². The lowest BCUT2D eigenvalue weighted by Crippen LogP contribution is -2.34. The molecule has 2 unspecified atom stereocenters. The lowest BCUT2D eigenvalue weighted by molar-refractivity contribution is -0.0405. The van der Waals surface area contributed by atoms with E-state index >= 15 is 0 Å². The van der Waals surface area contributed by atoms with Gasteiger partial charge in [0, 0.05) is 11.9 Å². The average Bonchev–Trinajstić information content (AvgIpc) is 2.33. The average molecular weight is 238 g/mol. The Balaban J connectivity index is 1.71. The second kappa shape index (κ2) is 6.28. The van der Waals surface area contributed by atoms with Crippen LogP contribution in [0.3, 0.4) is 0 Å². The van der Waals surface area contributed by atoms with Gasteiger partial charge in [0.2, 0.25) is 0 Å². The zero-order chi connectivity index (χ0) is 11.2. The maximum atomic E-state index is 5.66. The molecule has 0 spiro atoms. The highest BCUT2D eigenvalue weighted by Gasteiger charge is 2.22. The van der Waals surface area contributed by atoms with Crippen molar-refractivity contribution in [1.82, 2.24) is 0 Å². The van der Waals surface area contributed by atoms with Gasteiger partial charge in [-0.1, -0.05) is 30.3 Å². The van der Waals surface area contributed by atoms with Crippen LogP contribution < -0.4 is 0 Å². The smallest absolute Gasteiger partial charge is 0.0924 e. The first-order valence-electron chi connectivity index (χ1n) is 5.77. The number of rotatable bonds is 4. The van der Waals surface area contributed by atoms with Gasteiger partial charge in [0.25, 0.3) is 0 Å². The molecule has 3 heteroatoms. The van der Waals surface area contributed by atoms with E-state index in [2.05, 4.69) is 24.8 Å². The Morgan fingerprint density at radius 3 is 2.88 bits per heavy atom. The third-order valence-corrected chi connectivity index (χ3v) is 3.39. The van der Waals surface area contributed by atoms with Crippen LogP contribution in [0.1, 0.15) is 18.4 Å². The molecule has 2 rings (SSSR count). The Morgan fingerprint density at radius 1 is 1.31 bits per heavy atom. The minimum atomic E-state index is 0.154. The van der Waals surface area contributed by atoms with Crippen molar-refractivity contribution < 1.29 is 9.47 Å². The second-order valence-electron chi connectivity index (χ2n) is 4.12. The molecule has 0 aromatic heterocycles. The van der Waals surface area contributed by atoms with Crippen molar-refractivity contribution in [2.75, 3.05) is 13.2 Å². The first-order valence-corrected chi connectivity index (χ1v) is 6.29. The van der Waals surface area contributed by atoms with Crippen LogP contribution in [0.25, 0.3) is 0 Å². The van der Waals surface area contributed by atoms with E-state index in [-0.39, 0.29) is 6.10 Å². The topological polar surface area (TPSA) is 18.5 Å². The summed E-state index contributed by atoms with van der Waals surface area (Å²) in [6.45, 7) is 2.14. The van der Waals surface area contributed by atoms with Crippen molar-refractivity contribution in [2.45, 2.75) is 30.8 Å². The molecular formula is C13H18O2S. The summed E-state index contributed by atoms with van der Waals surface area (Å²) in [6.07, 6.45) is 2.40. The number of ether oxygens (including phenoxy) is 2. The highest BCUT2D eigenvalue weighted by atomic mass is 32.1. The van der Waals surface area contributed by atoms with Crippen LogP contribution in [-0.2, 0) is 16.1 Å². The molecule has 0 amide bonds. The minimum Gasteiger partial charge on any atom is -0.375 e. The zero-order valence-corrected chi connectivity index (χ0v) is 10.2. The lowest BCUT2D eigenvalue weighted by Gasteiger charge is -2.28.